The van der Waals surface area contributed by atoms with Gasteiger partial charge in [0.15, 0.2) is 0 Å². The molecule has 5 atom stereocenters. The average Bonchev–Trinajstić information content (AvgIpc) is 3.37. The van der Waals surface area contributed by atoms with Gasteiger partial charge in [0.1, 0.15) is 18.1 Å². The molecule has 1 aromatic heterocycles. The average molecular weight is 526 g/mol. The maximum Gasteiger partial charge on any atom is 0.326 e. The summed E-state index contributed by atoms with van der Waals surface area (Å²) in [5.41, 5.74) is 12.0. The number of unbranched alkanes of at least 4 members (excludes halogenated alkanes) is 1. The van der Waals surface area contributed by atoms with E-state index in [1.807, 2.05) is 13.8 Å². The van der Waals surface area contributed by atoms with Crippen LogP contribution in [0.1, 0.15) is 58.1 Å². The molecule has 0 saturated heterocycles. The van der Waals surface area contributed by atoms with Crippen LogP contribution in [0.2, 0.25) is 0 Å². The maximum atomic E-state index is 13.1. The van der Waals surface area contributed by atoms with Crippen molar-refractivity contribution in [2.24, 2.45) is 17.4 Å². The predicted molar refractivity (Wildman–Crippen MR) is 133 cm³/mol. The predicted octanol–water partition coefficient (Wildman–Crippen LogP) is -1.14. The van der Waals surface area contributed by atoms with Crippen molar-refractivity contribution in [3.63, 3.8) is 0 Å². The summed E-state index contributed by atoms with van der Waals surface area (Å²) in [4.78, 5) is 68.1. The second-order valence-corrected chi connectivity index (χ2v) is 8.93. The number of carboxylic acids is 2. The molecule has 0 aliphatic heterocycles. The molecular formula is C23H39N7O7. The van der Waals surface area contributed by atoms with Crippen molar-refractivity contribution in [2.45, 2.75) is 83.0 Å². The van der Waals surface area contributed by atoms with Crippen molar-refractivity contribution in [2.75, 3.05) is 6.54 Å². The molecule has 14 heteroatoms. The molecule has 0 bridgehead atoms. The lowest BCUT2D eigenvalue weighted by atomic mass is 9.98. The number of amides is 3. The highest BCUT2D eigenvalue weighted by Crippen LogP contribution is 2.09. The van der Waals surface area contributed by atoms with Gasteiger partial charge in [-0.25, -0.2) is 9.78 Å². The largest absolute Gasteiger partial charge is 0.481 e. The lowest BCUT2D eigenvalue weighted by Crippen LogP contribution is -2.57. The summed E-state index contributed by atoms with van der Waals surface area (Å²) in [5, 5.41) is 26.1. The Morgan fingerprint density at radius 2 is 1.57 bits per heavy atom. The summed E-state index contributed by atoms with van der Waals surface area (Å²) in [7, 11) is 0. The molecule has 0 fully saturated rings. The van der Waals surface area contributed by atoms with Crippen molar-refractivity contribution >= 4 is 29.7 Å². The van der Waals surface area contributed by atoms with Gasteiger partial charge < -0.3 is 42.6 Å². The molecule has 1 aromatic rings. The third-order valence-electron chi connectivity index (χ3n) is 6.01. The Labute approximate surface area is 215 Å². The number of nitrogens with one attached hydrogen (secondary N) is 4. The monoisotopic (exact) mass is 525 g/mol. The van der Waals surface area contributed by atoms with E-state index in [0.717, 1.165) is 0 Å². The van der Waals surface area contributed by atoms with Gasteiger partial charge in [-0.05, 0) is 38.1 Å². The first-order chi connectivity index (χ1) is 17.5. The minimum Gasteiger partial charge on any atom is -0.481 e. The summed E-state index contributed by atoms with van der Waals surface area (Å²) < 4.78 is 0. The minimum atomic E-state index is -1.36. The highest BCUT2D eigenvalue weighted by molar-refractivity contribution is 5.94. The van der Waals surface area contributed by atoms with Crippen molar-refractivity contribution in [1.82, 2.24) is 25.9 Å². The number of aromatic amines is 1. The van der Waals surface area contributed by atoms with E-state index in [0.29, 0.717) is 31.5 Å². The summed E-state index contributed by atoms with van der Waals surface area (Å²) in [6.07, 6.45) is 3.87. The summed E-state index contributed by atoms with van der Waals surface area (Å²) >= 11 is 0. The molecule has 0 spiro atoms. The van der Waals surface area contributed by atoms with E-state index in [4.69, 9.17) is 16.6 Å². The Kier molecular flexibility index (Phi) is 13.9. The smallest absolute Gasteiger partial charge is 0.326 e. The van der Waals surface area contributed by atoms with Crippen LogP contribution in [0, 0.1) is 5.92 Å². The van der Waals surface area contributed by atoms with Gasteiger partial charge in [-0.15, -0.1) is 0 Å². The van der Waals surface area contributed by atoms with Crippen LogP contribution in [0.4, 0.5) is 0 Å². The number of aromatic nitrogens is 2. The fourth-order valence-corrected chi connectivity index (χ4v) is 3.44. The van der Waals surface area contributed by atoms with Gasteiger partial charge in [0.25, 0.3) is 0 Å². The quantitative estimate of drug-likeness (QED) is 0.107. The van der Waals surface area contributed by atoms with Crippen LogP contribution < -0.4 is 27.4 Å². The van der Waals surface area contributed by atoms with Crippen molar-refractivity contribution < 1.29 is 34.2 Å². The first kappa shape index (κ1) is 31.5. The molecule has 1 heterocycles. The first-order valence-corrected chi connectivity index (χ1v) is 12.3. The molecule has 14 nitrogen and oxygen atoms in total. The van der Waals surface area contributed by atoms with Crippen LogP contribution in [-0.4, -0.2) is 80.6 Å². The third kappa shape index (κ3) is 11.4. The van der Waals surface area contributed by atoms with E-state index in [-0.39, 0.29) is 25.2 Å². The van der Waals surface area contributed by atoms with Crippen LogP contribution in [0.25, 0.3) is 0 Å². The summed E-state index contributed by atoms with van der Waals surface area (Å²) in [6, 6.07) is -4.61. The molecule has 0 aromatic carbocycles. The zero-order chi connectivity index (χ0) is 28.0. The number of hydrogen-bond donors (Lipinski definition) is 8. The lowest BCUT2D eigenvalue weighted by Gasteiger charge is -2.26. The fourth-order valence-electron chi connectivity index (χ4n) is 3.44. The molecule has 37 heavy (non-hydrogen) atoms. The fraction of sp³-hybridized carbons (Fsp3) is 0.652. The van der Waals surface area contributed by atoms with Crippen LogP contribution >= 0.6 is 0 Å². The number of rotatable bonds is 18. The van der Waals surface area contributed by atoms with E-state index >= 15 is 0 Å². The van der Waals surface area contributed by atoms with E-state index in [9.17, 15) is 29.1 Å². The molecule has 5 unspecified atom stereocenters. The summed E-state index contributed by atoms with van der Waals surface area (Å²) in [5.74, 6) is -4.77. The SMILES string of the molecule is CCC(C)C(N)C(=O)NC(CCCCN)C(=O)NC(CCC(=O)O)C(=O)NC(Cc1cnc[nH]1)C(=O)O. The number of nitrogens with two attached hydrogens (primary N) is 2. The molecule has 1 rings (SSSR count). The Morgan fingerprint density at radius 3 is 2.08 bits per heavy atom. The highest BCUT2D eigenvalue weighted by atomic mass is 16.4. The van der Waals surface area contributed by atoms with Gasteiger partial charge in [0.2, 0.25) is 17.7 Å². The molecule has 0 aliphatic carbocycles. The van der Waals surface area contributed by atoms with E-state index in [1.54, 1.807) is 0 Å². The number of H-pyrrole nitrogens is 1. The Balaban J connectivity index is 3.02. The molecule has 3 amide bonds. The zero-order valence-electron chi connectivity index (χ0n) is 21.2. The van der Waals surface area contributed by atoms with Gasteiger partial charge >= 0.3 is 11.9 Å². The Bertz CT molecular complexity index is 894. The maximum absolute atomic E-state index is 13.1. The normalized spacial score (nSPS) is 15.0. The van der Waals surface area contributed by atoms with Crippen LogP contribution in [0.3, 0.4) is 0 Å². The Hall–Kier alpha value is -3.52. The van der Waals surface area contributed by atoms with Gasteiger partial charge in [0, 0.05) is 24.7 Å². The molecule has 208 valence electrons. The van der Waals surface area contributed by atoms with Crippen molar-refractivity contribution in [3.8, 4) is 0 Å². The number of aliphatic carboxylic acids is 2. The molecule has 0 saturated carbocycles. The van der Waals surface area contributed by atoms with E-state index in [2.05, 4.69) is 25.9 Å². The second-order valence-electron chi connectivity index (χ2n) is 8.93. The number of imidazole rings is 1. The van der Waals surface area contributed by atoms with Gasteiger partial charge in [-0.2, -0.15) is 0 Å². The minimum absolute atomic E-state index is 0.105. The number of carboxylic acid groups (broad SMARTS) is 2. The topological polar surface area (TPSA) is 243 Å². The highest BCUT2D eigenvalue weighted by Gasteiger charge is 2.31. The van der Waals surface area contributed by atoms with Crippen LogP contribution in [0.5, 0.6) is 0 Å². The molecule has 0 radical (unpaired) electrons. The first-order valence-electron chi connectivity index (χ1n) is 12.3. The van der Waals surface area contributed by atoms with Gasteiger partial charge in [-0.1, -0.05) is 20.3 Å². The second kappa shape index (κ2) is 16.3. The number of carbonyl (C=O) groups excluding carboxylic acids is 3. The Morgan fingerprint density at radius 1 is 0.973 bits per heavy atom. The zero-order valence-corrected chi connectivity index (χ0v) is 21.2. The molecule has 10 N–H and O–H groups in total. The molecular weight excluding hydrogens is 486 g/mol. The van der Waals surface area contributed by atoms with Crippen LogP contribution in [-0.2, 0) is 30.4 Å². The van der Waals surface area contributed by atoms with Gasteiger partial charge in [0.05, 0.1) is 12.4 Å². The third-order valence-corrected chi connectivity index (χ3v) is 6.01. The number of nitrogens with zero attached hydrogens (tertiary/aromatic N) is 1. The molecule has 0 aliphatic rings. The van der Waals surface area contributed by atoms with Crippen molar-refractivity contribution in [1.29, 1.82) is 0 Å². The van der Waals surface area contributed by atoms with E-state index in [1.165, 1.54) is 12.5 Å². The standard InChI is InChI=1S/C23H39N7O7/c1-3-13(2)19(25)22(35)29-15(6-4-5-9-24)20(33)28-16(7-8-18(31)32)21(34)30-17(23(36)37)10-14-11-26-12-27-14/h11-13,15-17,19H,3-10,24-25H2,1-2H3,(H,26,27)(H,28,33)(H,29,35)(H,30,34)(H,31,32)(H,36,37). The lowest BCUT2D eigenvalue weighted by molar-refractivity contribution is -0.143. The van der Waals surface area contributed by atoms with Crippen LogP contribution in [0.15, 0.2) is 12.5 Å². The van der Waals surface area contributed by atoms with Gasteiger partial charge in [-0.3, -0.25) is 19.2 Å². The van der Waals surface area contributed by atoms with E-state index < -0.39 is 60.2 Å². The number of carbonyl (C=O) groups is 5. The number of hydrogen-bond acceptors (Lipinski definition) is 8. The summed E-state index contributed by atoms with van der Waals surface area (Å²) in [6.45, 7) is 4.07. The van der Waals surface area contributed by atoms with Crippen molar-refractivity contribution in [3.05, 3.63) is 18.2 Å².